The zero-order chi connectivity index (χ0) is 19.6. The molecule has 0 radical (unpaired) electrons. The number of amides is 2. The van der Waals surface area contributed by atoms with Gasteiger partial charge in [-0.05, 0) is 57.7 Å². The number of ether oxygens (including phenoxy) is 2. The maximum atomic E-state index is 12.4. The number of piperazine rings is 1. The van der Waals surface area contributed by atoms with Crippen LogP contribution in [0, 0.1) is 0 Å². The Bertz CT molecular complexity index is 587. The second kappa shape index (κ2) is 11.0. The highest BCUT2D eigenvalue weighted by Gasteiger charge is 2.20. The molecular formula is C20H34N4O3. The van der Waals surface area contributed by atoms with E-state index in [4.69, 9.17) is 9.47 Å². The Balaban J connectivity index is 1.68. The van der Waals surface area contributed by atoms with Crippen molar-refractivity contribution in [1.29, 1.82) is 0 Å². The molecule has 0 bridgehead atoms. The third-order valence-electron chi connectivity index (χ3n) is 4.88. The van der Waals surface area contributed by atoms with Gasteiger partial charge in [-0.3, -0.25) is 4.90 Å². The van der Waals surface area contributed by atoms with Crippen molar-refractivity contribution >= 4 is 6.03 Å². The molecule has 0 spiro atoms. The van der Waals surface area contributed by atoms with Crippen LogP contribution in [-0.2, 0) is 6.42 Å². The van der Waals surface area contributed by atoms with Crippen molar-refractivity contribution in [3.05, 3.63) is 23.8 Å². The lowest BCUT2D eigenvalue weighted by atomic mass is 10.1. The number of hydrogen-bond acceptors (Lipinski definition) is 5. The number of carbonyl (C=O) groups excluding carboxylic acids is 1. The van der Waals surface area contributed by atoms with Crippen LogP contribution in [0.3, 0.4) is 0 Å². The zero-order valence-electron chi connectivity index (χ0n) is 17.2. The maximum Gasteiger partial charge on any atom is 0.317 e. The van der Waals surface area contributed by atoms with Gasteiger partial charge in [-0.25, -0.2) is 4.79 Å². The summed E-state index contributed by atoms with van der Waals surface area (Å²) < 4.78 is 10.6. The summed E-state index contributed by atoms with van der Waals surface area (Å²) in [6, 6.07) is 5.88. The molecule has 1 N–H and O–H groups in total. The number of nitrogens with one attached hydrogen (secondary N) is 1. The smallest absolute Gasteiger partial charge is 0.317 e. The maximum absolute atomic E-state index is 12.4. The Kier molecular flexibility index (Phi) is 8.67. The number of urea groups is 1. The van der Waals surface area contributed by atoms with E-state index in [0.29, 0.717) is 18.0 Å². The molecule has 152 valence electrons. The molecule has 7 heteroatoms. The number of carbonyl (C=O) groups is 1. The normalized spacial score (nSPS) is 15.1. The minimum Gasteiger partial charge on any atom is -0.493 e. The average molecular weight is 379 g/mol. The molecule has 27 heavy (non-hydrogen) atoms. The monoisotopic (exact) mass is 378 g/mol. The minimum atomic E-state index is 0.0309. The van der Waals surface area contributed by atoms with Crippen LogP contribution in [-0.4, -0.2) is 94.9 Å². The second-order valence-corrected chi connectivity index (χ2v) is 7.16. The molecule has 1 fully saturated rings. The Labute approximate surface area is 163 Å². The third-order valence-corrected chi connectivity index (χ3v) is 4.88. The summed E-state index contributed by atoms with van der Waals surface area (Å²) in [4.78, 5) is 18.9. The van der Waals surface area contributed by atoms with Gasteiger partial charge in [0.1, 0.15) is 0 Å². The Morgan fingerprint density at radius 2 is 1.81 bits per heavy atom. The van der Waals surface area contributed by atoms with Gasteiger partial charge in [0.05, 0.1) is 14.2 Å². The molecule has 0 unspecified atom stereocenters. The van der Waals surface area contributed by atoms with Crippen molar-refractivity contribution in [2.24, 2.45) is 0 Å². The standard InChI is InChI=1S/C20H34N4O3/c1-22(2)10-5-11-23-12-14-24(15-13-23)20(25)21-9-8-17-6-7-18(26-3)19(16-17)27-4/h6-7,16H,5,8-15H2,1-4H3,(H,21,25). The van der Waals surface area contributed by atoms with Gasteiger partial charge >= 0.3 is 6.03 Å². The van der Waals surface area contributed by atoms with Crippen LogP contribution in [0.15, 0.2) is 18.2 Å². The molecular weight excluding hydrogens is 344 g/mol. The fourth-order valence-corrected chi connectivity index (χ4v) is 3.25. The van der Waals surface area contributed by atoms with Crippen molar-refractivity contribution in [3.63, 3.8) is 0 Å². The molecule has 7 nitrogen and oxygen atoms in total. The van der Waals surface area contributed by atoms with Gasteiger partial charge in [0, 0.05) is 32.7 Å². The zero-order valence-corrected chi connectivity index (χ0v) is 17.2. The van der Waals surface area contributed by atoms with Gasteiger partial charge < -0.3 is 24.6 Å². The van der Waals surface area contributed by atoms with Gasteiger partial charge in [0.25, 0.3) is 0 Å². The largest absolute Gasteiger partial charge is 0.493 e. The van der Waals surface area contributed by atoms with E-state index in [2.05, 4.69) is 29.2 Å². The van der Waals surface area contributed by atoms with Crippen molar-refractivity contribution in [2.45, 2.75) is 12.8 Å². The van der Waals surface area contributed by atoms with Crippen molar-refractivity contribution in [1.82, 2.24) is 20.0 Å². The predicted molar refractivity (Wildman–Crippen MR) is 108 cm³/mol. The van der Waals surface area contributed by atoms with Gasteiger partial charge in [-0.2, -0.15) is 0 Å². The minimum absolute atomic E-state index is 0.0309. The highest BCUT2D eigenvalue weighted by molar-refractivity contribution is 5.74. The topological polar surface area (TPSA) is 57.3 Å². The first-order valence-electron chi connectivity index (χ1n) is 9.64. The highest BCUT2D eigenvalue weighted by Crippen LogP contribution is 2.27. The Hall–Kier alpha value is -1.99. The number of rotatable bonds is 9. The lowest BCUT2D eigenvalue weighted by molar-refractivity contribution is 0.136. The Morgan fingerprint density at radius 3 is 2.44 bits per heavy atom. The SMILES string of the molecule is COc1ccc(CCNC(=O)N2CCN(CCCN(C)C)CC2)cc1OC. The lowest BCUT2D eigenvalue weighted by Gasteiger charge is -2.34. The van der Waals surface area contributed by atoms with E-state index in [9.17, 15) is 4.79 Å². The molecule has 1 heterocycles. The van der Waals surface area contributed by atoms with E-state index in [-0.39, 0.29) is 6.03 Å². The first-order valence-corrected chi connectivity index (χ1v) is 9.64. The van der Waals surface area contributed by atoms with E-state index < -0.39 is 0 Å². The predicted octanol–water partition coefficient (Wildman–Crippen LogP) is 1.53. The van der Waals surface area contributed by atoms with Crippen LogP contribution >= 0.6 is 0 Å². The van der Waals surface area contributed by atoms with Gasteiger partial charge in [0.2, 0.25) is 0 Å². The number of methoxy groups -OCH3 is 2. The van der Waals surface area contributed by atoms with Crippen molar-refractivity contribution in [3.8, 4) is 11.5 Å². The van der Waals surface area contributed by atoms with Crippen molar-refractivity contribution in [2.75, 3.05) is 74.1 Å². The summed E-state index contributed by atoms with van der Waals surface area (Å²) >= 11 is 0. The van der Waals surface area contributed by atoms with Gasteiger partial charge in [-0.1, -0.05) is 6.07 Å². The molecule has 1 saturated heterocycles. The molecule has 0 aliphatic carbocycles. The van der Waals surface area contributed by atoms with Crippen molar-refractivity contribution < 1.29 is 14.3 Å². The molecule has 1 aliphatic heterocycles. The van der Waals surface area contributed by atoms with Crippen LogP contribution in [0.4, 0.5) is 4.79 Å². The lowest BCUT2D eigenvalue weighted by Crippen LogP contribution is -2.52. The molecule has 1 aromatic carbocycles. The first kappa shape index (κ1) is 21.3. The number of nitrogens with zero attached hydrogens (tertiary/aromatic N) is 3. The molecule has 2 rings (SSSR count). The molecule has 1 aliphatic rings. The highest BCUT2D eigenvalue weighted by atomic mass is 16.5. The van der Waals surface area contributed by atoms with Gasteiger partial charge in [0.15, 0.2) is 11.5 Å². The third kappa shape index (κ3) is 6.92. The summed E-state index contributed by atoms with van der Waals surface area (Å²) in [5.74, 6) is 1.43. The summed E-state index contributed by atoms with van der Waals surface area (Å²) in [7, 11) is 7.46. The summed E-state index contributed by atoms with van der Waals surface area (Å²) in [5, 5.41) is 3.03. The fourth-order valence-electron chi connectivity index (χ4n) is 3.25. The van der Waals surface area contributed by atoms with E-state index in [1.165, 1.54) is 6.42 Å². The summed E-state index contributed by atoms with van der Waals surface area (Å²) in [5.41, 5.74) is 1.11. The molecule has 0 aromatic heterocycles. The second-order valence-electron chi connectivity index (χ2n) is 7.16. The van der Waals surface area contributed by atoms with E-state index >= 15 is 0 Å². The Morgan fingerprint density at radius 1 is 1.11 bits per heavy atom. The summed E-state index contributed by atoms with van der Waals surface area (Å²) in [6.45, 7) is 6.32. The quantitative estimate of drug-likeness (QED) is 0.706. The molecule has 0 saturated carbocycles. The van der Waals surface area contributed by atoms with E-state index in [1.54, 1.807) is 14.2 Å². The average Bonchev–Trinajstić information content (AvgIpc) is 2.68. The van der Waals surface area contributed by atoms with Crippen LogP contribution < -0.4 is 14.8 Å². The first-order chi connectivity index (χ1) is 13.0. The van der Waals surface area contributed by atoms with Crippen LogP contribution in [0.1, 0.15) is 12.0 Å². The fraction of sp³-hybridized carbons (Fsp3) is 0.650. The molecule has 1 aromatic rings. The number of benzene rings is 1. The van der Waals surface area contributed by atoms with Gasteiger partial charge in [-0.15, -0.1) is 0 Å². The van der Waals surface area contributed by atoms with Crippen LogP contribution in [0.2, 0.25) is 0 Å². The molecule has 2 amide bonds. The van der Waals surface area contributed by atoms with E-state index in [0.717, 1.165) is 51.3 Å². The van der Waals surface area contributed by atoms with E-state index in [1.807, 2.05) is 23.1 Å². The number of hydrogen-bond donors (Lipinski definition) is 1. The van der Waals surface area contributed by atoms with Crippen LogP contribution in [0.25, 0.3) is 0 Å². The molecule has 0 atom stereocenters. The summed E-state index contributed by atoms with van der Waals surface area (Å²) in [6.07, 6.45) is 1.93. The van der Waals surface area contributed by atoms with Crippen LogP contribution in [0.5, 0.6) is 11.5 Å².